The molecule has 13 heteroatoms. The summed E-state index contributed by atoms with van der Waals surface area (Å²) in [6, 6.07) is 7.88. The summed E-state index contributed by atoms with van der Waals surface area (Å²) in [5.41, 5.74) is 9.03. The van der Waals surface area contributed by atoms with Gasteiger partial charge in [0.15, 0.2) is 0 Å². The highest BCUT2D eigenvalue weighted by Gasteiger charge is 2.27. The quantitative estimate of drug-likeness (QED) is 0.0673. The molecule has 2 aromatic rings. The van der Waals surface area contributed by atoms with Crippen molar-refractivity contribution in [1.82, 2.24) is 20.2 Å². The number of aliphatic imine (C=N–C) groups is 2. The van der Waals surface area contributed by atoms with Crippen LogP contribution in [0, 0.1) is 0 Å². The third kappa shape index (κ3) is 10.4. The molecule has 1 amide bonds. The number of piperidine rings is 1. The Bertz CT molecular complexity index is 1270. The second-order valence-corrected chi connectivity index (χ2v) is 11.1. The Kier molecular flexibility index (Phi) is 12.7. The molecule has 0 saturated carbocycles. The minimum Gasteiger partial charge on any atom is -0.462 e. The number of carbonyl (C=O) groups excluding carboxylic acids is 2. The second kappa shape index (κ2) is 16.2. The number of alkyl halides is 1. The molecule has 1 aliphatic heterocycles. The highest BCUT2D eigenvalue weighted by molar-refractivity contribution is 14.1. The van der Waals surface area contributed by atoms with Crippen molar-refractivity contribution in [2.45, 2.75) is 46.3 Å². The number of ether oxygens (including phenoxy) is 2. The molecule has 12 nitrogen and oxygen atoms in total. The highest BCUT2D eigenvalue weighted by Crippen LogP contribution is 2.18. The first-order valence-corrected chi connectivity index (χ1v) is 15.2. The molecule has 3 rings (SSSR count). The number of hydrogen-bond acceptors (Lipinski definition) is 10. The lowest BCUT2D eigenvalue weighted by Gasteiger charge is -2.31. The Morgan fingerprint density at radius 3 is 2.55 bits per heavy atom. The van der Waals surface area contributed by atoms with E-state index in [9.17, 15) is 9.59 Å². The molecule has 3 N–H and O–H groups in total. The van der Waals surface area contributed by atoms with E-state index in [4.69, 9.17) is 15.2 Å². The van der Waals surface area contributed by atoms with E-state index in [1.807, 2.05) is 49.9 Å². The van der Waals surface area contributed by atoms with Crippen molar-refractivity contribution in [2.75, 3.05) is 42.2 Å². The average Bonchev–Trinajstić information content (AvgIpc) is 2.97. The lowest BCUT2D eigenvalue weighted by atomic mass is 10.0. The number of rotatable bonds is 11. The van der Waals surface area contributed by atoms with Gasteiger partial charge in [-0.05, 0) is 63.6 Å². The zero-order chi connectivity index (χ0) is 30.5. The van der Waals surface area contributed by atoms with Gasteiger partial charge in [0, 0.05) is 38.6 Å². The monoisotopic (exact) mass is 690 g/mol. The number of amides is 1. The summed E-state index contributed by atoms with van der Waals surface area (Å²) >= 11 is 2.26. The molecule has 0 unspecified atom stereocenters. The van der Waals surface area contributed by atoms with Gasteiger partial charge < -0.3 is 30.3 Å². The number of esters is 1. The molecule has 1 aromatic carbocycles. The predicted molar refractivity (Wildman–Crippen MR) is 173 cm³/mol. The smallest absolute Gasteiger partial charge is 0.410 e. The molecule has 1 fully saturated rings. The molecular weight excluding hydrogens is 651 g/mol. The zero-order valence-electron chi connectivity index (χ0n) is 24.5. The standard InChI is InChI=1S/C29H39IN8O4/c1-5-41-26(39)23-16-33-27(34-17-23)38(19-30)13-11-32-15-21-6-8-24(9-7-21)35-20-36-25-18-37(12-10-22(25)14-31)28(40)42-29(2,3)4/h6-9,14,16-17,20,32H,5,10-13,15,18-19,31H2,1-4H3/b22-14-,35-20?,36-25?. The Balaban J connectivity index is 1.48. The van der Waals surface area contributed by atoms with E-state index in [2.05, 4.69) is 47.9 Å². The second-order valence-electron chi connectivity index (χ2n) is 10.4. The number of hydrogen-bond donors (Lipinski definition) is 2. The van der Waals surface area contributed by atoms with Gasteiger partial charge >= 0.3 is 12.1 Å². The van der Waals surface area contributed by atoms with Crippen molar-refractivity contribution in [2.24, 2.45) is 15.7 Å². The van der Waals surface area contributed by atoms with Gasteiger partial charge in [-0.3, -0.25) is 0 Å². The summed E-state index contributed by atoms with van der Waals surface area (Å²) in [4.78, 5) is 45.5. The molecule has 0 radical (unpaired) electrons. The highest BCUT2D eigenvalue weighted by atomic mass is 127. The normalized spacial score (nSPS) is 15.8. The SMILES string of the molecule is CCOC(=O)c1cnc(N(CI)CCNCc2ccc(N=CN=C3CN(C(=O)OC(C)(C)C)CC/C3=C/N)cc2)nc1. The van der Waals surface area contributed by atoms with Crippen molar-refractivity contribution >= 4 is 58.3 Å². The van der Waals surface area contributed by atoms with Crippen LogP contribution in [0.2, 0.25) is 0 Å². The van der Waals surface area contributed by atoms with Crippen LogP contribution in [-0.4, -0.2) is 81.9 Å². The zero-order valence-corrected chi connectivity index (χ0v) is 26.7. The number of nitrogens with two attached hydrogens (primary N) is 1. The Morgan fingerprint density at radius 2 is 1.93 bits per heavy atom. The fourth-order valence-electron chi connectivity index (χ4n) is 3.88. The molecule has 1 aromatic heterocycles. The maximum Gasteiger partial charge on any atom is 0.410 e. The molecule has 0 bridgehead atoms. The van der Waals surface area contributed by atoms with E-state index in [0.717, 1.165) is 23.4 Å². The van der Waals surface area contributed by atoms with Gasteiger partial charge in [0.1, 0.15) is 11.9 Å². The number of anilines is 1. The predicted octanol–water partition coefficient (Wildman–Crippen LogP) is 4.23. The number of nitrogens with one attached hydrogen (secondary N) is 1. The molecule has 0 spiro atoms. The van der Waals surface area contributed by atoms with Crippen LogP contribution in [0.3, 0.4) is 0 Å². The van der Waals surface area contributed by atoms with Gasteiger partial charge in [-0.2, -0.15) is 0 Å². The van der Waals surface area contributed by atoms with Crippen LogP contribution in [0.15, 0.2) is 58.4 Å². The molecule has 2 heterocycles. The van der Waals surface area contributed by atoms with Crippen molar-refractivity contribution < 1.29 is 19.1 Å². The number of carbonyl (C=O) groups is 2. The summed E-state index contributed by atoms with van der Waals surface area (Å²) in [6.07, 6.45) is 6.25. The number of benzene rings is 1. The van der Waals surface area contributed by atoms with E-state index >= 15 is 0 Å². The van der Waals surface area contributed by atoms with E-state index in [-0.39, 0.29) is 6.09 Å². The summed E-state index contributed by atoms with van der Waals surface area (Å²) < 4.78 is 11.2. The minimum absolute atomic E-state index is 0.308. The third-order valence-corrected chi connectivity index (χ3v) is 6.86. The van der Waals surface area contributed by atoms with Crippen molar-refractivity contribution in [3.8, 4) is 0 Å². The molecule has 0 aliphatic carbocycles. The number of aromatic nitrogens is 2. The summed E-state index contributed by atoms with van der Waals surface area (Å²) in [5, 5.41) is 3.43. The molecule has 1 saturated heterocycles. The summed E-state index contributed by atoms with van der Waals surface area (Å²) in [7, 11) is 0. The van der Waals surface area contributed by atoms with Gasteiger partial charge in [-0.25, -0.2) is 29.5 Å². The summed E-state index contributed by atoms with van der Waals surface area (Å²) in [6.45, 7) is 10.6. The van der Waals surface area contributed by atoms with Crippen LogP contribution in [0.5, 0.6) is 0 Å². The van der Waals surface area contributed by atoms with Crippen LogP contribution in [0.1, 0.15) is 50.0 Å². The van der Waals surface area contributed by atoms with Crippen LogP contribution < -0.4 is 16.0 Å². The Morgan fingerprint density at radius 1 is 1.21 bits per heavy atom. The van der Waals surface area contributed by atoms with Crippen LogP contribution in [0.25, 0.3) is 0 Å². The van der Waals surface area contributed by atoms with Crippen LogP contribution in [0.4, 0.5) is 16.4 Å². The average molecular weight is 691 g/mol. The first kappa shape index (κ1) is 32.9. The van der Waals surface area contributed by atoms with E-state index in [1.165, 1.54) is 24.9 Å². The maximum atomic E-state index is 12.5. The van der Waals surface area contributed by atoms with Gasteiger partial charge in [-0.1, -0.05) is 34.7 Å². The third-order valence-electron chi connectivity index (χ3n) is 6.04. The van der Waals surface area contributed by atoms with Crippen LogP contribution in [-0.2, 0) is 16.0 Å². The number of halogens is 1. The minimum atomic E-state index is -0.563. The molecule has 226 valence electrons. The largest absolute Gasteiger partial charge is 0.462 e. The first-order valence-electron chi connectivity index (χ1n) is 13.7. The molecule has 42 heavy (non-hydrogen) atoms. The summed E-state index contributed by atoms with van der Waals surface area (Å²) in [5.74, 6) is 0.135. The number of nitrogens with zero attached hydrogens (tertiary/aromatic N) is 6. The van der Waals surface area contributed by atoms with Crippen molar-refractivity contribution in [3.05, 3.63) is 59.6 Å². The van der Waals surface area contributed by atoms with E-state index < -0.39 is 11.6 Å². The number of likely N-dealkylation sites (tertiary alicyclic amines) is 1. The Labute approximate surface area is 260 Å². The fraction of sp³-hybridized carbons (Fsp3) is 0.448. The van der Waals surface area contributed by atoms with E-state index in [0.29, 0.717) is 61.0 Å². The molecule has 1 aliphatic rings. The van der Waals surface area contributed by atoms with Crippen LogP contribution >= 0.6 is 22.6 Å². The topological polar surface area (TPSA) is 148 Å². The van der Waals surface area contributed by atoms with E-state index in [1.54, 1.807) is 11.8 Å². The molecular formula is C29H39IN8O4. The maximum absolute atomic E-state index is 12.5. The van der Waals surface area contributed by atoms with Gasteiger partial charge in [0.2, 0.25) is 5.95 Å². The first-order chi connectivity index (χ1) is 20.1. The van der Waals surface area contributed by atoms with Gasteiger partial charge in [0.25, 0.3) is 0 Å². The van der Waals surface area contributed by atoms with Crippen molar-refractivity contribution in [1.29, 1.82) is 0 Å². The lowest BCUT2D eigenvalue weighted by Crippen LogP contribution is -2.44. The Hall–Kier alpha value is -3.59. The van der Waals surface area contributed by atoms with Gasteiger partial charge in [0.05, 0.1) is 34.7 Å². The lowest BCUT2D eigenvalue weighted by molar-refractivity contribution is 0.0274. The fourth-order valence-corrected chi connectivity index (χ4v) is 4.52. The van der Waals surface area contributed by atoms with Crippen molar-refractivity contribution in [3.63, 3.8) is 0 Å². The molecule has 0 atom stereocenters. The van der Waals surface area contributed by atoms with Gasteiger partial charge in [-0.15, -0.1) is 0 Å².